The highest BCUT2D eigenvalue weighted by Gasteiger charge is 2.13. The number of aromatic amines is 1. The molecular weight excluding hydrogens is 469 g/mol. The second-order valence-corrected chi connectivity index (χ2v) is 8.37. The average Bonchev–Trinajstić information content (AvgIpc) is 3.41. The van der Waals surface area contributed by atoms with Crippen LogP contribution in [0.2, 0.25) is 10.0 Å². The highest BCUT2D eigenvalue weighted by molar-refractivity contribution is 7.99. The highest BCUT2D eigenvalue weighted by atomic mass is 35.5. The number of carbonyl (C=O) groups excluding carboxylic acids is 1. The number of benzene rings is 2. The predicted octanol–water partition coefficient (Wildman–Crippen LogP) is 4.52. The Bertz CT molecular complexity index is 1270. The molecule has 0 unspecified atom stereocenters. The number of H-pyrrole nitrogens is 1. The monoisotopic (exact) mass is 485 g/mol. The van der Waals surface area contributed by atoms with E-state index in [1.165, 1.54) is 18.0 Å². The summed E-state index contributed by atoms with van der Waals surface area (Å²) in [4.78, 5) is 12.3. The van der Waals surface area contributed by atoms with Gasteiger partial charge in [-0.15, -0.1) is 10.2 Å². The molecule has 0 bridgehead atoms. The molecule has 0 aliphatic carbocycles. The lowest BCUT2D eigenvalue weighted by atomic mass is 10.1. The summed E-state index contributed by atoms with van der Waals surface area (Å²) in [7, 11) is 0. The number of halogens is 2. The van der Waals surface area contributed by atoms with Gasteiger partial charge in [0.2, 0.25) is 0 Å². The number of nitrogens with one attached hydrogen (secondary N) is 2. The standard InChI is InChI=1S/C21H17Cl2N7OS/c1-13-26-29-21(30(13)16-5-3-2-4-6-16)32-12-19(31)27-24-10-15-11-25-28-20(15)14-7-8-17(22)18(23)9-14/h2-11H,12H2,1H3,(H,25,28)(H,27,31)/b24-10-. The van der Waals surface area contributed by atoms with E-state index in [1.807, 2.05) is 47.9 Å². The quantitative estimate of drug-likeness (QED) is 0.227. The van der Waals surface area contributed by atoms with Crippen molar-refractivity contribution in [3.05, 3.63) is 76.2 Å². The first-order valence-corrected chi connectivity index (χ1v) is 11.2. The van der Waals surface area contributed by atoms with Crippen LogP contribution >= 0.6 is 35.0 Å². The molecule has 2 aromatic heterocycles. The molecule has 0 spiro atoms. The number of carbonyl (C=O) groups is 1. The number of hydrazone groups is 1. The number of aryl methyl sites for hydroxylation is 1. The Kier molecular flexibility index (Phi) is 6.89. The van der Waals surface area contributed by atoms with E-state index in [1.54, 1.807) is 18.3 Å². The van der Waals surface area contributed by atoms with E-state index in [4.69, 9.17) is 23.2 Å². The number of nitrogens with zero attached hydrogens (tertiary/aromatic N) is 5. The molecule has 2 N–H and O–H groups in total. The number of hydrogen-bond donors (Lipinski definition) is 2. The summed E-state index contributed by atoms with van der Waals surface area (Å²) in [6.07, 6.45) is 3.12. The zero-order valence-electron chi connectivity index (χ0n) is 16.8. The second kappa shape index (κ2) is 9.99. The van der Waals surface area contributed by atoms with Crippen molar-refractivity contribution in [1.82, 2.24) is 30.4 Å². The van der Waals surface area contributed by atoms with Crippen molar-refractivity contribution < 1.29 is 4.79 Å². The fourth-order valence-corrected chi connectivity index (χ4v) is 4.01. The Hall–Kier alpha value is -3.14. The lowest BCUT2D eigenvalue weighted by Gasteiger charge is -2.07. The van der Waals surface area contributed by atoms with Gasteiger partial charge in [0.1, 0.15) is 5.82 Å². The minimum Gasteiger partial charge on any atom is -0.277 e. The van der Waals surface area contributed by atoms with Crippen LogP contribution in [0.5, 0.6) is 0 Å². The third kappa shape index (κ3) is 5.01. The fourth-order valence-electron chi connectivity index (χ4n) is 2.92. The zero-order valence-corrected chi connectivity index (χ0v) is 19.1. The smallest absolute Gasteiger partial charge is 0.250 e. The topological polar surface area (TPSA) is 101 Å². The maximum absolute atomic E-state index is 12.3. The van der Waals surface area contributed by atoms with Crippen molar-refractivity contribution in [2.45, 2.75) is 12.1 Å². The molecule has 0 fully saturated rings. The molecule has 0 saturated carbocycles. The van der Waals surface area contributed by atoms with Gasteiger partial charge in [-0.1, -0.05) is 59.2 Å². The number of aromatic nitrogens is 5. The Morgan fingerprint density at radius 1 is 1.19 bits per heavy atom. The predicted molar refractivity (Wildman–Crippen MR) is 127 cm³/mol. The first-order valence-electron chi connectivity index (χ1n) is 9.44. The van der Waals surface area contributed by atoms with Crippen molar-refractivity contribution in [3.8, 4) is 16.9 Å². The third-order valence-electron chi connectivity index (χ3n) is 4.41. The molecule has 0 radical (unpaired) electrons. The number of rotatable bonds is 7. The largest absolute Gasteiger partial charge is 0.277 e. The summed E-state index contributed by atoms with van der Waals surface area (Å²) in [5.74, 6) is 0.603. The lowest BCUT2D eigenvalue weighted by Crippen LogP contribution is -2.20. The third-order valence-corrected chi connectivity index (χ3v) is 6.08. The van der Waals surface area contributed by atoms with E-state index in [-0.39, 0.29) is 11.7 Å². The Morgan fingerprint density at radius 2 is 2.00 bits per heavy atom. The average molecular weight is 486 g/mol. The minimum absolute atomic E-state index is 0.132. The van der Waals surface area contributed by atoms with Gasteiger partial charge >= 0.3 is 0 Å². The normalized spacial score (nSPS) is 11.2. The fraction of sp³-hybridized carbons (Fsp3) is 0.0952. The first kappa shape index (κ1) is 22.1. The maximum Gasteiger partial charge on any atom is 0.250 e. The number of hydrogen-bond acceptors (Lipinski definition) is 6. The van der Waals surface area contributed by atoms with Gasteiger partial charge in [-0.3, -0.25) is 14.5 Å². The molecule has 0 aliphatic rings. The van der Waals surface area contributed by atoms with Crippen LogP contribution in [0.25, 0.3) is 16.9 Å². The Balaban J connectivity index is 1.38. The van der Waals surface area contributed by atoms with E-state index in [0.29, 0.717) is 26.5 Å². The van der Waals surface area contributed by atoms with Gasteiger partial charge in [0.05, 0.1) is 33.9 Å². The molecule has 4 rings (SSSR count). The summed E-state index contributed by atoms with van der Waals surface area (Å²) in [6.45, 7) is 1.87. The maximum atomic E-state index is 12.3. The van der Waals surface area contributed by atoms with E-state index in [0.717, 1.165) is 17.1 Å². The van der Waals surface area contributed by atoms with Gasteiger partial charge in [0.15, 0.2) is 5.16 Å². The van der Waals surface area contributed by atoms with Gasteiger partial charge in [0, 0.05) is 16.8 Å². The highest BCUT2D eigenvalue weighted by Crippen LogP contribution is 2.28. The zero-order chi connectivity index (χ0) is 22.5. The number of amides is 1. The molecule has 2 heterocycles. The van der Waals surface area contributed by atoms with Crippen LogP contribution in [0.15, 0.2) is 65.0 Å². The summed E-state index contributed by atoms with van der Waals surface area (Å²) in [5, 5.41) is 20.8. The van der Waals surface area contributed by atoms with Crippen LogP contribution in [-0.4, -0.2) is 42.8 Å². The van der Waals surface area contributed by atoms with Crippen molar-refractivity contribution >= 4 is 47.1 Å². The SMILES string of the molecule is Cc1nnc(SCC(=O)N/N=C\c2cn[nH]c2-c2ccc(Cl)c(Cl)c2)n1-c1ccccc1. The van der Waals surface area contributed by atoms with Gasteiger partial charge in [-0.25, -0.2) is 5.43 Å². The molecule has 11 heteroatoms. The lowest BCUT2D eigenvalue weighted by molar-refractivity contribution is -0.118. The molecule has 0 atom stereocenters. The summed E-state index contributed by atoms with van der Waals surface area (Å²) < 4.78 is 1.90. The van der Waals surface area contributed by atoms with Crippen molar-refractivity contribution in [3.63, 3.8) is 0 Å². The van der Waals surface area contributed by atoms with Crippen LogP contribution in [0.4, 0.5) is 0 Å². The molecular formula is C21H17Cl2N7OS. The van der Waals surface area contributed by atoms with E-state index >= 15 is 0 Å². The number of thioether (sulfide) groups is 1. The van der Waals surface area contributed by atoms with Gasteiger partial charge in [-0.2, -0.15) is 10.2 Å². The molecule has 1 amide bonds. The van der Waals surface area contributed by atoms with Gasteiger partial charge in [-0.05, 0) is 31.2 Å². The molecule has 8 nitrogen and oxygen atoms in total. The molecule has 2 aromatic carbocycles. The van der Waals surface area contributed by atoms with Crippen molar-refractivity contribution in [2.75, 3.05) is 5.75 Å². The van der Waals surface area contributed by atoms with Crippen LogP contribution in [0, 0.1) is 6.92 Å². The van der Waals surface area contributed by atoms with Crippen LogP contribution in [0.3, 0.4) is 0 Å². The molecule has 32 heavy (non-hydrogen) atoms. The van der Waals surface area contributed by atoms with Gasteiger partial charge < -0.3 is 0 Å². The van der Waals surface area contributed by atoms with Crippen molar-refractivity contribution in [2.24, 2.45) is 5.10 Å². The molecule has 162 valence electrons. The van der Waals surface area contributed by atoms with E-state index in [2.05, 4.69) is 30.9 Å². The summed E-state index contributed by atoms with van der Waals surface area (Å²) >= 11 is 13.4. The van der Waals surface area contributed by atoms with Crippen LogP contribution in [-0.2, 0) is 4.79 Å². The summed E-state index contributed by atoms with van der Waals surface area (Å²) in [5.41, 5.74) is 5.66. The van der Waals surface area contributed by atoms with Gasteiger partial charge in [0.25, 0.3) is 5.91 Å². The van der Waals surface area contributed by atoms with Crippen LogP contribution < -0.4 is 5.43 Å². The van der Waals surface area contributed by atoms with E-state index < -0.39 is 0 Å². The Labute approximate surface area is 198 Å². The molecule has 0 saturated heterocycles. The minimum atomic E-state index is -0.272. The van der Waals surface area contributed by atoms with Crippen molar-refractivity contribution in [1.29, 1.82) is 0 Å². The first-order chi connectivity index (χ1) is 15.5. The second-order valence-electron chi connectivity index (χ2n) is 6.61. The molecule has 0 aliphatic heterocycles. The van der Waals surface area contributed by atoms with E-state index in [9.17, 15) is 4.79 Å². The van der Waals surface area contributed by atoms with Crippen LogP contribution in [0.1, 0.15) is 11.4 Å². The number of para-hydroxylation sites is 1. The Morgan fingerprint density at radius 3 is 2.78 bits per heavy atom. The summed E-state index contributed by atoms with van der Waals surface area (Å²) in [6, 6.07) is 15.0. The molecule has 4 aromatic rings.